The van der Waals surface area contributed by atoms with Crippen LogP contribution in [0.3, 0.4) is 0 Å². The summed E-state index contributed by atoms with van der Waals surface area (Å²) in [5.74, 6) is 0.753. The normalized spacial score (nSPS) is 11.6. The van der Waals surface area contributed by atoms with E-state index in [0.717, 1.165) is 12.1 Å². The SMILES string of the molecule is CN=C(NCCOC)NCCOc1cccc(C(F)(F)F)c1.I. The lowest BCUT2D eigenvalue weighted by Crippen LogP contribution is -2.40. The molecule has 23 heavy (non-hydrogen) atoms. The molecule has 0 aliphatic rings. The number of nitrogens with zero attached hydrogens (tertiary/aromatic N) is 1. The molecule has 0 spiro atoms. The summed E-state index contributed by atoms with van der Waals surface area (Å²) in [5.41, 5.74) is -0.727. The van der Waals surface area contributed by atoms with Crippen molar-refractivity contribution < 1.29 is 22.6 Å². The van der Waals surface area contributed by atoms with Gasteiger partial charge in [-0.25, -0.2) is 0 Å². The number of halogens is 4. The highest BCUT2D eigenvalue weighted by Gasteiger charge is 2.30. The van der Waals surface area contributed by atoms with Crippen molar-refractivity contribution in [3.8, 4) is 5.75 Å². The third-order valence-corrected chi connectivity index (χ3v) is 2.65. The minimum Gasteiger partial charge on any atom is -0.492 e. The van der Waals surface area contributed by atoms with Crippen LogP contribution in [0.2, 0.25) is 0 Å². The standard InChI is InChI=1S/C14H20F3N3O2.HI/c1-18-13(19-6-8-21-2)20-7-9-22-12-5-3-4-11(10-12)14(15,16)17;/h3-5,10H,6-9H2,1-2H3,(H2,18,19,20);1H. The number of nitrogens with one attached hydrogen (secondary N) is 2. The molecule has 0 aromatic heterocycles. The number of aliphatic imine (C=N–C) groups is 1. The lowest BCUT2D eigenvalue weighted by molar-refractivity contribution is -0.137. The van der Waals surface area contributed by atoms with E-state index >= 15 is 0 Å². The van der Waals surface area contributed by atoms with Crippen molar-refractivity contribution in [1.29, 1.82) is 0 Å². The van der Waals surface area contributed by atoms with Gasteiger partial charge in [-0.2, -0.15) is 13.2 Å². The van der Waals surface area contributed by atoms with E-state index in [1.165, 1.54) is 12.1 Å². The smallest absolute Gasteiger partial charge is 0.416 e. The highest BCUT2D eigenvalue weighted by atomic mass is 127. The molecule has 1 rings (SSSR count). The molecule has 132 valence electrons. The monoisotopic (exact) mass is 447 g/mol. The summed E-state index contributed by atoms with van der Waals surface area (Å²) in [6.07, 6.45) is -4.37. The first-order valence-corrected chi connectivity index (χ1v) is 6.71. The van der Waals surface area contributed by atoms with E-state index in [2.05, 4.69) is 15.6 Å². The Morgan fingerprint density at radius 3 is 2.39 bits per heavy atom. The second kappa shape index (κ2) is 11.3. The molecule has 0 saturated carbocycles. The van der Waals surface area contributed by atoms with Gasteiger partial charge in [0.05, 0.1) is 18.7 Å². The van der Waals surface area contributed by atoms with Gasteiger partial charge in [-0.1, -0.05) is 6.07 Å². The minimum absolute atomic E-state index is 0. The molecule has 0 saturated heterocycles. The van der Waals surface area contributed by atoms with Crippen LogP contribution >= 0.6 is 24.0 Å². The Bertz CT molecular complexity index is 485. The molecule has 0 atom stereocenters. The van der Waals surface area contributed by atoms with Crippen LogP contribution in [-0.2, 0) is 10.9 Å². The summed E-state index contributed by atoms with van der Waals surface area (Å²) in [5, 5.41) is 5.99. The lowest BCUT2D eigenvalue weighted by Gasteiger charge is -2.13. The maximum Gasteiger partial charge on any atom is 0.416 e. The highest BCUT2D eigenvalue weighted by Crippen LogP contribution is 2.31. The second-order valence-electron chi connectivity index (χ2n) is 4.29. The van der Waals surface area contributed by atoms with Gasteiger partial charge in [0.25, 0.3) is 0 Å². The zero-order valence-corrected chi connectivity index (χ0v) is 15.3. The zero-order chi connectivity index (χ0) is 16.4. The molecule has 0 aliphatic heterocycles. The van der Waals surface area contributed by atoms with Gasteiger partial charge in [-0.3, -0.25) is 4.99 Å². The van der Waals surface area contributed by atoms with Crippen LogP contribution in [0.1, 0.15) is 5.56 Å². The summed E-state index contributed by atoms with van der Waals surface area (Å²) >= 11 is 0. The van der Waals surface area contributed by atoms with Crippen molar-refractivity contribution in [2.24, 2.45) is 4.99 Å². The Balaban J connectivity index is 0.00000484. The number of rotatable bonds is 7. The molecule has 0 bridgehead atoms. The number of guanidine groups is 1. The molecular weight excluding hydrogens is 426 g/mol. The first-order valence-electron chi connectivity index (χ1n) is 6.71. The molecule has 1 aromatic carbocycles. The average Bonchev–Trinajstić information content (AvgIpc) is 2.49. The lowest BCUT2D eigenvalue weighted by atomic mass is 10.2. The molecule has 9 heteroatoms. The fourth-order valence-electron chi connectivity index (χ4n) is 1.59. The number of benzene rings is 1. The van der Waals surface area contributed by atoms with Crippen LogP contribution in [0, 0.1) is 0 Å². The number of methoxy groups -OCH3 is 1. The molecule has 5 nitrogen and oxygen atoms in total. The van der Waals surface area contributed by atoms with Gasteiger partial charge < -0.3 is 20.1 Å². The summed E-state index contributed by atoms with van der Waals surface area (Å²) in [7, 11) is 3.22. The predicted octanol–water partition coefficient (Wildman–Crippen LogP) is 2.51. The number of alkyl halides is 3. The average molecular weight is 447 g/mol. The highest BCUT2D eigenvalue weighted by molar-refractivity contribution is 14.0. The topological polar surface area (TPSA) is 54.9 Å². The summed E-state index contributed by atoms with van der Waals surface area (Å²) in [6, 6.07) is 4.79. The maximum atomic E-state index is 12.6. The van der Waals surface area contributed by atoms with E-state index in [9.17, 15) is 13.2 Å². The van der Waals surface area contributed by atoms with Gasteiger partial charge in [-0.05, 0) is 18.2 Å². The van der Waals surface area contributed by atoms with Crippen molar-refractivity contribution in [3.63, 3.8) is 0 Å². The van der Waals surface area contributed by atoms with E-state index in [-0.39, 0.29) is 36.3 Å². The molecule has 0 heterocycles. The van der Waals surface area contributed by atoms with Crippen LogP contribution < -0.4 is 15.4 Å². The van der Waals surface area contributed by atoms with Gasteiger partial charge in [0, 0.05) is 20.7 Å². The second-order valence-corrected chi connectivity index (χ2v) is 4.29. The molecule has 0 fully saturated rings. The zero-order valence-electron chi connectivity index (χ0n) is 12.9. The number of ether oxygens (including phenoxy) is 2. The summed E-state index contributed by atoms with van der Waals surface area (Å²) in [6.45, 7) is 1.77. The van der Waals surface area contributed by atoms with Crippen LogP contribution in [0.5, 0.6) is 5.75 Å². The molecular formula is C14H21F3IN3O2. The van der Waals surface area contributed by atoms with Gasteiger partial charge in [-0.15, -0.1) is 24.0 Å². The molecule has 0 aliphatic carbocycles. The van der Waals surface area contributed by atoms with Crippen molar-refractivity contribution in [3.05, 3.63) is 29.8 Å². The van der Waals surface area contributed by atoms with Crippen molar-refractivity contribution in [2.45, 2.75) is 6.18 Å². The van der Waals surface area contributed by atoms with Crippen LogP contribution in [0.4, 0.5) is 13.2 Å². The van der Waals surface area contributed by atoms with E-state index in [1.807, 2.05) is 0 Å². The minimum atomic E-state index is -4.37. The van der Waals surface area contributed by atoms with Gasteiger partial charge in [0.1, 0.15) is 12.4 Å². The van der Waals surface area contributed by atoms with Crippen LogP contribution in [0.25, 0.3) is 0 Å². The molecule has 0 radical (unpaired) electrons. The number of hydrogen-bond donors (Lipinski definition) is 2. The molecule has 1 aromatic rings. The summed E-state index contributed by atoms with van der Waals surface area (Å²) in [4.78, 5) is 3.99. The van der Waals surface area contributed by atoms with Gasteiger partial charge in [0.15, 0.2) is 5.96 Å². The van der Waals surface area contributed by atoms with Crippen LogP contribution in [0.15, 0.2) is 29.3 Å². The fourth-order valence-corrected chi connectivity index (χ4v) is 1.59. The van der Waals surface area contributed by atoms with Crippen molar-refractivity contribution >= 4 is 29.9 Å². The third-order valence-electron chi connectivity index (χ3n) is 2.65. The Hall–Kier alpha value is -1.23. The van der Waals surface area contributed by atoms with Crippen molar-refractivity contribution in [1.82, 2.24) is 10.6 Å². The Kier molecular flexibility index (Phi) is 10.7. The Labute approximate surface area is 150 Å². The summed E-state index contributed by atoms with van der Waals surface area (Å²) < 4.78 is 47.8. The fraction of sp³-hybridized carbons (Fsp3) is 0.500. The third kappa shape index (κ3) is 8.84. The van der Waals surface area contributed by atoms with E-state index in [1.54, 1.807) is 14.2 Å². The first kappa shape index (κ1) is 21.8. The van der Waals surface area contributed by atoms with Crippen LogP contribution in [-0.4, -0.2) is 46.4 Å². The predicted molar refractivity (Wildman–Crippen MR) is 93.6 cm³/mol. The number of hydrogen-bond acceptors (Lipinski definition) is 3. The van der Waals surface area contributed by atoms with Gasteiger partial charge in [0.2, 0.25) is 0 Å². The van der Waals surface area contributed by atoms with E-state index in [0.29, 0.717) is 25.7 Å². The first-order chi connectivity index (χ1) is 10.5. The Morgan fingerprint density at radius 2 is 1.83 bits per heavy atom. The quantitative estimate of drug-likeness (QED) is 0.292. The van der Waals surface area contributed by atoms with Gasteiger partial charge >= 0.3 is 6.18 Å². The maximum absolute atomic E-state index is 12.6. The largest absolute Gasteiger partial charge is 0.492 e. The molecule has 0 unspecified atom stereocenters. The van der Waals surface area contributed by atoms with Crippen molar-refractivity contribution in [2.75, 3.05) is 40.5 Å². The molecule has 2 N–H and O–H groups in total. The van der Waals surface area contributed by atoms with E-state index < -0.39 is 11.7 Å². The van der Waals surface area contributed by atoms with E-state index in [4.69, 9.17) is 9.47 Å². The Morgan fingerprint density at radius 1 is 1.17 bits per heavy atom. The molecule has 0 amide bonds.